The molecule has 1 aliphatic carbocycles. The van der Waals surface area contributed by atoms with Gasteiger partial charge in [-0.2, -0.15) is 0 Å². The predicted molar refractivity (Wildman–Crippen MR) is 125 cm³/mol. The Balaban J connectivity index is 0.00000240. The maximum Gasteiger partial charge on any atom is 0.192 e. The fourth-order valence-electron chi connectivity index (χ4n) is 4.06. The summed E-state index contributed by atoms with van der Waals surface area (Å²) in [4.78, 5) is 4.88. The molecule has 29 heavy (non-hydrogen) atoms. The summed E-state index contributed by atoms with van der Waals surface area (Å²) >= 11 is 0. The lowest BCUT2D eigenvalue weighted by molar-refractivity contribution is 0.261. The molecule has 0 saturated heterocycles. The van der Waals surface area contributed by atoms with E-state index in [2.05, 4.69) is 44.5 Å². The normalized spacial score (nSPS) is 19.2. The van der Waals surface area contributed by atoms with Crippen molar-refractivity contribution in [2.75, 3.05) is 13.2 Å². The molecule has 1 aromatic heterocycles. The van der Waals surface area contributed by atoms with E-state index in [9.17, 15) is 0 Å². The highest BCUT2D eigenvalue weighted by atomic mass is 127. The molecule has 0 radical (unpaired) electrons. The number of ether oxygens (including phenoxy) is 1. The van der Waals surface area contributed by atoms with E-state index in [-0.39, 0.29) is 30.0 Å². The van der Waals surface area contributed by atoms with E-state index >= 15 is 0 Å². The number of hydrogen-bond acceptors (Lipinski definition) is 4. The van der Waals surface area contributed by atoms with Gasteiger partial charge in [0.05, 0.1) is 19.2 Å². The molecule has 1 aromatic carbocycles. The molecule has 2 aromatic rings. The average Bonchev–Trinajstić information content (AvgIpc) is 3.40. The first-order chi connectivity index (χ1) is 13.8. The zero-order valence-electron chi connectivity index (χ0n) is 17.0. The van der Waals surface area contributed by atoms with Crippen LogP contribution in [-0.2, 0) is 13.0 Å². The first-order valence-corrected chi connectivity index (χ1v) is 10.5. The van der Waals surface area contributed by atoms with Gasteiger partial charge < -0.3 is 19.9 Å². The smallest absolute Gasteiger partial charge is 0.192 e. The van der Waals surface area contributed by atoms with Crippen LogP contribution in [0, 0.1) is 0 Å². The van der Waals surface area contributed by atoms with Crippen LogP contribution >= 0.6 is 24.0 Å². The number of halogens is 1. The van der Waals surface area contributed by atoms with Crippen LogP contribution < -0.4 is 15.4 Å². The number of aliphatic imine (C=N–C) groups is 1. The van der Waals surface area contributed by atoms with Crippen LogP contribution in [0.15, 0.2) is 35.6 Å². The molecule has 1 atom stereocenters. The van der Waals surface area contributed by atoms with Gasteiger partial charge in [-0.15, -0.1) is 34.2 Å². The van der Waals surface area contributed by atoms with E-state index in [0.29, 0.717) is 12.6 Å². The molecule has 8 heteroatoms. The number of guanidine groups is 1. The molecule has 4 rings (SSSR count). The fraction of sp³-hybridized carbons (Fsp3) is 0.571. The molecule has 1 fully saturated rings. The number of para-hydroxylation sites is 1. The first-order valence-electron chi connectivity index (χ1n) is 10.5. The Hall–Kier alpha value is -1.84. The van der Waals surface area contributed by atoms with Gasteiger partial charge in [0.2, 0.25) is 0 Å². The van der Waals surface area contributed by atoms with E-state index in [4.69, 9.17) is 9.73 Å². The molecule has 2 aliphatic rings. The van der Waals surface area contributed by atoms with Crippen molar-refractivity contribution < 1.29 is 4.74 Å². The second kappa shape index (κ2) is 10.8. The molecule has 0 amide bonds. The Kier molecular flexibility index (Phi) is 8.14. The summed E-state index contributed by atoms with van der Waals surface area (Å²) in [5.74, 6) is 2.88. The summed E-state index contributed by atoms with van der Waals surface area (Å²) in [5, 5.41) is 15.5. The van der Waals surface area contributed by atoms with Crippen molar-refractivity contribution in [1.29, 1.82) is 0 Å². The van der Waals surface area contributed by atoms with Gasteiger partial charge in [0, 0.05) is 31.0 Å². The minimum atomic E-state index is 0. The minimum absolute atomic E-state index is 0. The van der Waals surface area contributed by atoms with Crippen molar-refractivity contribution in [1.82, 2.24) is 25.4 Å². The van der Waals surface area contributed by atoms with Crippen LogP contribution in [0.25, 0.3) is 0 Å². The summed E-state index contributed by atoms with van der Waals surface area (Å²) in [6, 6.07) is 9.02. The summed E-state index contributed by atoms with van der Waals surface area (Å²) in [5.41, 5.74) is 1.21. The Labute approximate surface area is 189 Å². The summed E-state index contributed by atoms with van der Waals surface area (Å²) in [6.45, 7) is 4.31. The molecular weight excluding hydrogens is 479 g/mol. The highest BCUT2D eigenvalue weighted by molar-refractivity contribution is 14.0. The zero-order valence-corrected chi connectivity index (χ0v) is 19.3. The summed E-state index contributed by atoms with van der Waals surface area (Å²) in [6.07, 6.45) is 8.65. The Morgan fingerprint density at radius 3 is 2.86 bits per heavy atom. The standard InChI is InChI=1S/C21H30N6O.HI/c1-2-20-26-23-15-27(20)13-12-22-21(24-16-7-3-4-8-16)25-18-11-14-28-19-10-6-5-9-17(18)19;/h5-6,9-10,15-16,18H,2-4,7-8,11-14H2,1H3,(H2,22,24,25);1H. The molecule has 1 unspecified atom stereocenters. The van der Waals surface area contributed by atoms with Gasteiger partial charge in [0.25, 0.3) is 0 Å². The summed E-state index contributed by atoms with van der Waals surface area (Å²) < 4.78 is 7.89. The Morgan fingerprint density at radius 2 is 2.03 bits per heavy atom. The van der Waals surface area contributed by atoms with Crippen molar-refractivity contribution in [3.8, 4) is 5.75 Å². The van der Waals surface area contributed by atoms with Crippen LogP contribution in [0.3, 0.4) is 0 Å². The molecule has 1 aliphatic heterocycles. The topological polar surface area (TPSA) is 76.4 Å². The number of aryl methyl sites for hydroxylation is 1. The van der Waals surface area contributed by atoms with Crippen molar-refractivity contribution in [3.05, 3.63) is 42.0 Å². The number of rotatable bonds is 6. The minimum Gasteiger partial charge on any atom is -0.493 e. The van der Waals surface area contributed by atoms with Gasteiger partial charge in [0.1, 0.15) is 17.9 Å². The number of aromatic nitrogens is 3. The SMILES string of the molecule is CCc1nncn1CCN=C(NC1CCCC1)NC1CCOc2ccccc21.I. The third-order valence-electron chi connectivity index (χ3n) is 5.59. The molecule has 0 bridgehead atoms. The fourth-order valence-corrected chi connectivity index (χ4v) is 4.06. The number of benzene rings is 1. The summed E-state index contributed by atoms with van der Waals surface area (Å²) in [7, 11) is 0. The third kappa shape index (κ3) is 5.61. The molecule has 7 nitrogen and oxygen atoms in total. The first kappa shape index (κ1) is 21.9. The number of fused-ring (bicyclic) bond motifs is 1. The maximum absolute atomic E-state index is 5.81. The number of hydrogen-bond donors (Lipinski definition) is 2. The Bertz CT molecular complexity index is 802. The second-order valence-corrected chi connectivity index (χ2v) is 7.52. The molecule has 0 spiro atoms. The van der Waals surface area contributed by atoms with Crippen molar-refractivity contribution in [3.63, 3.8) is 0 Å². The lowest BCUT2D eigenvalue weighted by Crippen LogP contribution is -2.45. The van der Waals surface area contributed by atoms with Crippen molar-refractivity contribution >= 4 is 29.9 Å². The van der Waals surface area contributed by atoms with Gasteiger partial charge in [-0.3, -0.25) is 4.99 Å². The van der Waals surface area contributed by atoms with E-state index in [1.807, 2.05) is 12.1 Å². The maximum atomic E-state index is 5.81. The molecule has 1 saturated carbocycles. The van der Waals surface area contributed by atoms with E-state index in [0.717, 1.165) is 43.5 Å². The van der Waals surface area contributed by atoms with Gasteiger partial charge in [-0.05, 0) is 18.9 Å². The Morgan fingerprint density at radius 1 is 1.21 bits per heavy atom. The lowest BCUT2D eigenvalue weighted by atomic mass is 10.0. The van der Waals surface area contributed by atoms with Crippen LogP contribution in [0.2, 0.25) is 0 Å². The van der Waals surface area contributed by atoms with Crippen LogP contribution in [-0.4, -0.2) is 39.9 Å². The molecule has 2 N–H and O–H groups in total. The second-order valence-electron chi connectivity index (χ2n) is 7.52. The van der Waals surface area contributed by atoms with Crippen molar-refractivity contribution in [2.24, 2.45) is 4.99 Å². The predicted octanol–water partition coefficient (Wildman–Crippen LogP) is 3.46. The van der Waals surface area contributed by atoms with Crippen LogP contribution in [0.4, 0.5) is 0 Å². The molecular formula is C21H31IN6O. The van der Waals surface area contributed by atoms with Gasteiger partial charge in [-0.25, -0.2) is 0 Å². The van der Waals surface area contributed by atoms with E-state index in [1.54, 1.807) is 6.33 Å². The third-order valence-corrected chi connectivity index (χ3v) is 5.59. The van der Waals surface area contributed by atoms with E-state index in [1.165, 1.54) is 31.2 Å². The van der Waals surface area contributed by atoms with Gasteiger partial charge >= 0.3 is 0 Å². The highest BCUT2D eigenvalue weighted by Gasteiger charge is 2.23. The largest absolute Gasteiger partial charge is 0.493 e. The lowest BCUT2D eigenvalue weighted by Gasteiger charge is -2.29. The monoisotopic (exact) mass is 510 g/mol. The number of nitrogens with one attached hydrogen (secondary N) is 2. The highest BCUT2D eigenvalue weighted by Crippen LogP contribution is 2.31. The van der Waals surface area contributed by atoms with Gasteiger partial charge in [0.15, 0.2) is 5.96 Å². The van der Waals surface area contributed by atoms with Gasteiger partial charge in [-0.1, -0.05) is 38.0 Å². The molecule has 2 heterocycles. The van der Waals surface area contributed by atoms with Crippen LogP contribution in [0.5, 0.6) is 5.75 Å². The quantitative estimate of drug-likeness (QED) is 0.354. The zero-order chi connectivity index (χ0) is 19.2. The number of nitrogens with zero attached hydrogens (tertiary/aromatic N) is 4. The van der Waals surface area contributed by atoms with Crippen LogP contribution in [0.1, 0.15) is 56.5 Å². The van der Waals surface area contributed by atoms with E-state index < -0.39 is 0 Å². The van der Waals surface area contributed by atoms with Crippen molar-refractivity contribution in [2.45, 2.75) is 64.1 Å². The average molecular weight is 510 g/mol. The molecule has 158 valence electrons.